The van der Waals surface area contributed by atoms with E-state index in [0.717, 1.165) is 17.0 Å². The van der Waals surface area contributed by atoms with E-state index in [-0.39, 0.29) is 5.91 Å². The molecule has 0 saturated heterocycles. The third-order valence-corrected chi connectivity index (χ3v) is 2.24. The Kier molecular flexibility index (Phi) is 2.22. The van der Waals surface area contributed by atoms with Gasteiger partial charge in [0.2, 0.25) is 5.91 Å². The second-order valence-corrected chi connectivity index (χ2v) is 3.10. The smallest absolute Gasteiger partial charge is 0.221 e. The first-order chi connectivity index (χ1) is 5.52. The Labute approximate surface area is 72.2 Å². The van der Waals surface area contributed by atoms with Crippen LogP contribution >= 0.6 is 0 Å². The Bertz CT molecular complexity index is 313. The van der Waals surface area contributed by atoms with E-state index < -0.39 is 0 Å². The van der Waals surface area contributed by atoms with E-state index in [2.05, 4.69) is 4.57 Å². The molecule has 0 fully saturated rings. The van der Waals surface area contributed by atoms with Gasteiger partial charge in [0.15, 0.2) is 0 Å². The molecule has 3 nitrogen and oxygen atoms in total. The zero-order chi connectivity index (χ0) is 9.30. The van der Waals surface area contributed by atoms with Crippen LogP contribution in [0, 0.1) is 13.8 Å². The summed E-state index contributed by atoms with van der Waals surface area (Å²) in [6.45, 7) is 4.00. The predicted octanol–water partition coefficient (Wildman–Crippen LogP) is 0.670. The summed E-state index contributed by atoms with van der Waals surface area (Å²) < 4.78 is 2.05. The minimum absolute atomic E-state index is 0.274. The summed E-state index contributed by atoms with van der Waals surface area (Å²) in [7, 11) is 1.98. The average Bonchev–Trinajstić information content (AvgIpc) is 2.17. The molecule has 3 heteroatoms. The van der Waals surface area contributed by atoms with Gasteiger partial charge in [-0.2, -0.15) is 0 Å². The van der Waals surface area contributed by atoms with Crippen LogP contribution in [0.1, 0.15) is 17.0 Å². The molecule has 1 heterocycles. The van der Waals surface area contributed by atoms with E-state index in [1.54, 1.807) is 0 Å². The highest BCUT2D eigenvalue weighted by molar-refractivity contribution is 5.76. The number of aryl methyl sites for hydroxylation is 1. The zero-order valence-electron chi connectivity index (χ0n) is 7.72. The van der Waals surface area contributed by atoms with Crippen LogP contribution in [0.5, 0.6) is 0 Å². The summed E-state index contributed by atoms with van der Waals surface area (Å²) in [4.78, 5) is 10.7. The second kappa shape index (κ2) is 3.01. The molecule has 0 saturated carbocycles. The van der Waals surface area contributed by atoms with Crippen molar-refractivity contribution in [2.24, 2.45) is 12.8 Å². The van der Waals surface area contributed by atoms with Crippen LogP contribution in [-0.4, -0.2) is 10.5 Å². The number of aromatic nitrogens is 1. The van der Waals surface area contributed by atoms with Crippen molar-refractivity contribution in [2.45, 2.75) is 20.3 Å². The van der Waals surface area contributed by atoms with Gasteiger partial charge in [-0.3, -0.25) is 4.79 Å². The molecule has 66 valence electrons. The largest absolute Gasteiger partial charge is 0.369 e. The van der Waals surface area contributed by atoms with Gasteiger partial charge in [0.1, 0.15) is 0 Å². The van der Waals surface area contributed by atoms with E-state index in [1.807, 2.05) is 27.0 Å². The van der Waals surface area contributed by atoms with E-state index in [4.69, 9.17) is 5.73 Å². The van der Waals surface area contributed by atoms with Gasteiger partial charge in [0, 0.05) is 18.4 Å². The Morgan fingerprint density at radius 3 is 2.50 bits per heavy atom. The summed E-state index contributed by atoms with van der Waals surface area (Å²) in [5, 5.41) is 0. The lowest BCUT2D eigenvalue weighted by Crippen LogP contribution is -2.14. The molecule has 2 N–H and O–H groups in total. The third kappa shape index (κ3) is 1.49. The summed E-state index contributed by atoms with van der Waals surface area (Å²) in [6.07, 6.45) is 0.341. The SMILES string of the molecule is Cc1cc(CC(N)=O)c(C)n1C. The molecule has 0 bridgehead atoms. The van der Waals surface area contributed by atoms with Gasteiger partial charge in [-0.05, 0) is 25.5 Å². The maximum Gasteiger partial charge on any atom is 0.221 e. The van der Waals surface area contributed by atoms with Crippen molar-refractivity contribution in [3.05, 3.63) is 23.0 Å². The molecular formula is C9H14N2O. The molecule has 0 atom stereocenters. The molecule has 12 heavy (non-hydrogen) atoms. The first-order valence-electron chi connectivity index (χ1n) is 3.92. The van der Waals surface area contributed by atoms with Gasteiger partial charge >= 0.3 is 0 Å². The minimum Gasteiger partial charge on any atom is -0.369 e. The van der Waals surface area contributed by atoms with E-state index in [9.17, 15) is 4.79 Å². The molecule has 0 aliphatic heterocycles. The Hall–Kier alpha value is -1.25. The van der Waals surface area contributed by atoms with Crippen LogP contribution in [0.25, 0.3) is 0 Å². The minimum atomic E-state index is -0.274. The van der Waals surface area contributed by atoms with Gasteiger partial charge in [0.05, 0.1) is 6.42 Å². The Morgan fingerprint density at radius 1 is 1.58 bits per heavy atom. The highest BCUT2D eigenvalue weighted by Crippen LogP contribution is 2.13. The molecule has 0 aliphatic rings. The van der Waals surface area contributed by atoms with Gasteiger partial charge in [-0.1, -0.05) is 0 Å². The summed E-state index contributed by atoms with van der Waals surface area (Å²) in [5.74, 6) is -0.274. The van der Waals surface area contributed by atoms with Gasteiger partial charge in [0.25, 0.3) is 0 Å². The molecule has 1 aromatic rings. The van der Waals surface area contributed by atoms with Crippen LogP contribution in [0.2, 0.25) is 0 Å². The molecule has 1 rings (SSSR count). The average molecular weight is 166 g/mol. The Morgan fingerprint density at radius 2 is 2.17 bits per heavy atom. The maximum absolute atomic E-state index is 10.7. The highest BCUT2D eigenvalue weighted by Gasteiger charge is 2.07. The van der Waals surface area contributed by atoms with Crippen molar-refractivity contribution < 1.29 is 4.79 Å². The lowest BCUT2D eigenvalue weighted by Gasteiger charge is -1.99. The van der Waals surface area contributed by atoms with E-state index in [1.165, 1.54) is 0 Å². The van der Waals surface area contributed by atoms with Crippen molar-refractivity contribution in [3.63, 3.8) is 0 Å². The number of rotatable bonds is 2. The van der Waals surface area contributed by atoms with Crippen molar-refractivity contribution >= 4 is 5.91 Å². The van der Waals surface area contributed by atoms with Crippen LogP contribution < -0.4 is 5.73 Å². The van der Waals surface area contributed by atoms with Crippen molar-refractivity contribution in [1.29, 1.82) is 0 Å². The Balaban J connectivity index is 3.01. The maximum atomic E-state index is 10.7. The topological polar surface area (TPSA) is 48.0 Å². The van der Waals surface area contributed by atoms with E-state index in [0.29, 0.717) is 6.42 Å². The molecular weight excluding hydrogens is 152 g/mol. The molecule has 0 aliphatic carbocycles. The lowest BCUT2D eigenvalue weighted by molar-refractivity contribution is -0.117. The summed E-state index contributed by atoms with van der Waals surface area (Å²) in [6, 6.07) is 2.00. The normalized spacial score (nSPS) is 10.2. The number of nitrogens with two attached hydrogens (primary N) is 1. The zero-order valence-corrected chi connectivity index (χ0v) is 7.72. The number of primary amides is 1. The molecule has 1 amide bonds. The molecule has 0 radical (unpaired) electrons. The van der Waals surface area contributed by atoms with E-state index >= 15 is 0 Å². The van der Waals surface area contributed by atoms with Gasteiger partial charge in [-0.25, -0.2) is 0 Å². The van der Waals surface area contributed by atoms with Crippen molar-refractivity contribution in [3.8, 4) is 0 Å². The third-order valence-electron chi connectivity index (χ3n) is 2.24. The number of carbonyl (C=O) groups excluding carboxylic acids is 1. The number of amides is 1. The fourth-order valence-corrected chi connectivity index (χ4v) is 1.30. The van der Waals surface area contributed by atoms with Crippen molar-refractivity contribution in [2.75, 3.05) is 0 Å². The molecule has 0 spiro atoms. The fourth-order valence-electron chi connectivity index (χ4n) is 1.30. The van der Waals surface area contributed by atoms with Gasteiger partial charge < -0.3 is 10.3 Å². The van der Waals surface area contributed by atoms with Crippen LogP contribution in [0.3, 0.4) is 0 Å². The van der Waals surface area contributed by atoms with Crippen LogP contribution in [0.4, 0.5) is 0 Å². The number of nitrogens with zero attached hydrogens (tertiary/aromatic N) is 1. The standard InChI is InChI=1S/C9H14N2O/c1-6-4-8(5-9(10)12)7(2)11(6)3/h4H,5H2,1-3H3,(H2,10,12). The molecule has 0 unspecified atom stereocenters. The lowest BCUT2D eigenvalue weighted by atomic mass is 10.2. The molecule has 0 aromatic carbocycles. The quantitative estimate of drug-likeness (QED) is 0.689. The number of carbonyl (C=O) groups is 1. The predicted molar refractivity (Wildman–Crippen MR) is 47.8 cm³/mol. The second-order valence-electron chi connectivity index (χ2n) is 3.10. The van der Waals surface area contributed by atoms with Crippen LogP contribution in [0.15, 0.2) is 6.07 Å². The monoisotopic (exact) mass is 166 g/mol. The summed E-state index contributed by atoms with van der Waals surface area (Å²) in [5.41, 5.74) is 8.41. The molecule has 1 aromatic heterocycles. The first-order valence-corrected chi connectivity index (χ1v) is 3.92. The summed E-state index contributed by atoms with van der Waals surface area (Å²) >= 11 is 0. The number of hydrogen-bond donors (Lipinski definition) is 1. The van der Waals surface area contributed by atoms with Crippen LogP contribution in [-0.2, 0) is 18.3 Å². The van der Waals surface area contributed by atoms with Crippen molar-refractivity contribution in [1.82, 2.24) is 4.57 Å². The highest BCUT2D eigenvalue weighted by atomic mass is 16.1. The fraction of sp³-hybridized carbons (Fsp3) is 0.444. The van der Waals surface area contributed by atoms with Gasteiger partial charge in [-0.15, -0.1) is 0 Å². The number of hydrogen-bond acceptors (Lipinski definition) is 1. The first kappa shape index (κ1) is 8.84.